The minimum Gasteiger partial charge on any atom is -0.394 e. The molecule has 3 rings (SSSR count). The Morgan fingerprint density at radius 3 is 1.58 bits per heavy atom. The van der Waals surface area contributed by atoms with Crippen LogP contribution < -0.4 is 0 Å². The predicted octanol–water partition coefficient (Wildman–Crippen LogP) is -6.89. The Balaban J connectivity index is 1.71. The van der Waals surface area contributed by atoms with E-state index in [1.807, 2.05) is 0 Å². The molecule has 3 aliphatic heterocycles. The average molecular weight is 488 g/mol. The van der Waals surface area contributed by atoms with E-state index in [1.165, 1.54) is 0 Å². The van der Waals surface area contributed by atoms with Crippen molar-refractivity contribution in [1.29, 1.82) is 0 Å². The van der Waals surface area contributed by atoms with Gasteiger partial charge in [0.1, 0.15) is 73.2 Å². The number of ether oxygens (including phenoxy) is 5. The second-order valence-electron chi connectivity index (χ2n) is 8.22. The molecule has 3 fully saturated rings. The van der Waals surface area contributed by atoms with Crippen molar-refractivity contribution in [2.75, 3.05) is 26.4 Å². The van der Waals surface area contributed by atoms with Crippen LogP contribution in [0.3, 0.4) is 0 Å². The highest BCUT2D eigenvalue weighted by molar-refractivity contribution is 4.95. The van der Waals surface area contributed by atoms with Crippen LogP contribution >= 0.6 is 0 Å². The van der Waals surface area contributed by atoms with E-state index in [0.29, 0.717) is 0 Å². The zero-order valence-corrected chi connectivity index (χ0v) is 17.4. The topological polar surface area (TPSA) is 248 Å². The normalized spacial score (nSPS) is 51.5. The average Bonchev–Trinajstić information content (AvgIpc) is 2.81. The number of hydrogen-bond acceptors (Lipinski definition) is 15. The molecule has 10 N–H and O–H groups in total. The molecule has 0 aliphatic carbocycles. The zero-order valence-electron chi connectivity index (χ0n) is 17.4. The van der Waals surface area contributed by atoms with Crippen molar-refractivity contribution in [1.82, 2.24) is 0 Å². The lowest BCUT2D eigenvalue weighted by Crippen LogP contribution is -2.66. The molecule has 14 atom stereocenters. The second-order valence-corrected chi connectivity index (χ2v) is 8.22. The van der Waals surface area contributed by atoms with Gasteiger partial charge in [0.2, 0.25) is 0 Å². The lowest BCUT2D eigenvalue weighted by molar-refractivity contribution is -0.371. The molecular formula is C18H32O15. The third kappa shape index (κ3) is 5.48. The maximum absolute atomic E-state index is 10.6. The van der Waals surface area contributed by atoms with E-state index < -0.39 is 106 Å². The van der Waals surface area contributed by atoms with Gasteiger partial charge in [-0.3, -0.25) is 0 Å². The Labute approximate surface area is 187 Å². The van der Waals surface area contributed by atoms with Gasteiger partial charge in [0.25, 0.3) is 0 Å². The van der Waals surface area contributed by atoms with E-state index in [-0.39, 0.29) is 6.61 Å². The molecule has 0 saturated carbocycles. The number of rotatable bonds is 7. The van der Waals surface area contributed by atoms with Crippen LogP contribution in [0, 0.1) is 0 Å². The monoisotopic (exact) mass is 488 g/mol. The predicted molar refractivity (Wildman–Crippen MR) is 100 cm³/mol. The third-order valence-electron chi connectivity index (χ3n) is 6.01. The standard InChI is InChI=1S/C18H32O15/c19-1-6-10(24)11(25)13(27)17(30-6)33-16-8(3-21)31-18(14(28)12(16)26)32-15-7(2-20)29-4-5(22)9(15)23/h5-28H,1-4H2/t5-,6-,7-,8-,9-,10-,11+,12-,13+,14+,15-,16-,17+,18+/m1/s1. The van der Waals surface area contributed by atoms with E-state index in [4.69, 9.17) is 23.7 Å². The Kier molecular flexibility index (Phi) is 9.35. The molecule has 33 heavy (non-hydrogen) atoms. The van der Waals surface area contributed by atoms with Crippen LogP contribution in [0.25, 0.3) is 0 Å². The van der Waals surface area contributed by atoms with Crippen molar-refractivity contribution in [2.24, 2.45) is 0 Å². The van der Waals surface area contributed by atoms with Gasteiger partial charge in [-0.15, -0.1) is 0 Å². The summed E-state index contributed by atoms with van der Waals surface area (Å²) in [5.41, 5.74) is 0. The first-order valence-corrected chi connectivity index (χ1v) is 10.5. The first-order chi connectivity index (χ1) is 15.6. The quantitative estimate of drug-likeness (QED) is 0.160. The smallest absolute Gasteiger partial charge is 0.187 e. The van der Waals surface area contributed by atoms with E-state index in [1.54, 1.807) is 0 Å². The molecule has 15 nitrogen and oxygen atoms in total. The summed E-state index contributed by atoms with van der Waals surface area (Å²) in [4.78, 5) is 0. The van der Waals surface area contributed by atoms with Crippen molar-refractivity contribution in [2.45, 2.75) is 85.8 Å². The lowest BCUT2D eigenvalue weighted by atomic mass is 9.96. The molecule has 0 radical (unpaired) electrons. The summed E-state index contributed by atoms with van der Waals surface area (Å²) < 4.78 is 26.8. The molecule has 15 heteroatoms. The SMILES string of the molecule is OC[C@H]1O[C@@H](O[C@H]2[C@H](O)[C@H](O)[C@H](O[C@H]3[C@H](O)[C@H](O)CO[C@@H]3CO)O[C@@H]2CO)[C@@H](O)[C@@H](O)[C@@H]1O. The van der Waals surface area contributed by atoms with Gasteiger partial charge in [-0.05, 0) is 0 Å². The summed E-state index contributed by atoms with van der Waals surface area (Å²) in [6.45, 7) is -2.36. The maximum Gasteiger partial charge on any atom is 0.187 e. The van der Waals surface area contributed by atoms with Gasteiger partial charge in [0.05, 0.1) is 26.4 Å². The first-order valence-electron chi connectivity index (χ1n) is 10.5. The molecule has 0 aromatic heterocycles. The lowest BCUT2D eigenvalue weighted by Gasteiger charge is -2.47. The molecule has 3 aliphatic rings. The Morgan fingerprint density at radius 1 is 0.545 bits per heavy atom. The van der Waals surface area contributed by atoms with Gasteiger partial charge < -0.3 is 74.7 Å². The fourth-order valence-corrected chi connectivity index (χ4v) is 4.00. The third-order valence-corrected chi connectivity index (χ3v) is 6.01. The Morgan fingerprint density at radius 2 is 1.03 bits per heavy atom. The molecule has 0 unspecified atom stereocenters. The van der Waals surface area contributed by atoms with Crippen molar-refractivity contribution in [3.05, 3.63) is 0 Å². The Bertz CT molecular complexity index is 605. The van der Waals surface area contributed by atoms with Crippen LogP contribution in [0.1, 0.15) is 0 Å². The van der Waals surface area contributed by atoms with Gasteiger partial charge in [-0.1, -0.05) is 0 Å². The second kappa shape index (κ2) is 11.4. The zero-order chi connectivity index (χ0) is 24.4. The van der Waals surface area contributed by atoms with Crippen molar-refractivity contribution in [3.8, 4) is 0 Å². The summed E-state index contributed by atoms with van der Waals surface area (Å²) in [5, 5.41) is 99.4. The van der Waals surface area contributed by atoms with E-state index in [2.05, 4.69) is 0 Å². The molecule has 0 spiro atoms. The van der Waals surface area contributed by atoms with Crippen LogP contribution in [0.15, 0.2) is 0 Å². The molecular weight excluding hydrogens is 456 g/mol. The number of hydrogen-bond donors (Lipinski definition) is 10. The van der Waals surface area contributed by atoms with E-state index in [9.17, 15) is 51.1 Å². The van der Waals surface area contributed by atoms with Gasteiger partial charge in [-0.2, -0.15) is 0 Å². The number of aliphatic hydroxyl groups is 10. The highest BCUT2D eigenvalue weighted by Gasteiger charge is 2.52. The van der Waals surface area contributed by atoms with Gasteiger partial charge >= 0.3 is 0 Å². The number of aliphatic hydroxyl groups excluding tert-OH is 10. The van der Waals surface area contributed by atoms with Gasteiger partial charge in [0, 0.05) is 0 Å². The summed E-state index contributed by atoms with van der Waals surface area (Å²) in [7, 11) is 0. The molecule has 194 valence electrons. The van der Waals surface area contributed by atoms with Crippen LogP contribution in [-0.2, 0) is 23.7 Å². The summed E-state index contributed by atoms with van der Waals surface area (Å²) in [6.07, 6.45) is -21.7. The molecule has 0 amide bonds. The van der Waals surface area contributed by atoms with Crippen LogP contribution in [0.5, 0.6) is 0 Å². The van der Waals surface area contributed by atoms with Crippen molar-refractivity contribution < 1.29 is 74.7 Å². The van der Waals surface area contributed by atoms with E-state index in [0.717, 1.165) is 0 Å². The largest absolute Gasteiger partial charge is 0.394 e. The van der Waals surface area contributed by atoms with Gasteiger partial charge in [0.15, 0.2) is 12.6 Å². The molecule has 3 heterocycles. The summed E-state index contributed by atoms with van der Waals surface area (Å²) in [5.74, 6) is 0. The van der Waals surface area contributed by atoms with Crippen LogP contribution in [0.4, 0.5) is 0 Å². The van der Waals surface area contributed by atoms with Crippen molar-refractivity contribution in [3.63, 3.8) is 0 Å². The van der Waals surface area contributed by atoms with Crippen molar-refractivity contribution >= 4 is 0 Å². The first kappa shape index (κ1) is 27.0. The van der Waals surface area contributed by atoms with Crippen LogP contribution in [-0.4, -0.2) is 163 Å². The summed E-state index contributed by atoms with van der Waals surface area (Å²) >= 11 is 0. The minimum atomic E-state index is -1.84. The van der Waals surface area contributed by atoms with Crippen LogP contribution in [0.2, 0.25) is 0 Å². The highest BCUT2D eigenvalue weighted by atomic mass is 16.7. The minimum absolute atomic E-state index is 0.267. The maximum atomic E-state index is 10.6. The van der Waals surface area contributed by atoms with E-state index >= 15 is 0 Å². The molecule has 0 aromatic rings. The Hall–Kier alpha value is -0.600. The summed E-state index contributed by atoms with van der Waals surface area (Å²) in [6, 6.07) is 0. The molecule has 0 aromatic carbocycles. The molecule has 3 saturated heterocycles. The van der Waals surface area contributed by atoms with Gasteiger partial charge in [-0.25, -0.2) is 0 Å². The fourth-order valence-electron chi connectivity index (χ4n) is 4.00. The molecule has 0 bridgehead atoms. The highest BCUT2D eigenvalue weighted by Crippen LogP contribution is 2.31. The fraction of sp³-hybridized carbons (Fsp3) is 1.00.